The van der Waals surface area contributed by atoms with Crippen LogP contribution < -0.4 is 28.7 Å². The van der Waals surface area contributed by atoms with E-state index in [1.165, 1.54) is 0 Å². The Morgan fingerprint density at radius 1 is 1.00 bits per heavy atom. The maximum Gasteiger partial charge on any atom is 0.219 e. The van der Waals surface area contributed by atoms with Crippen molar-refractivity contribution in [2.75, 3.05) is 14.1 Å². The SMILES string of the molecule is CC(N=C(N)N=C(N)N)c1ccccc1.CN(C)/C(N)=N/C(=N)N. The van der Waals surface area contributed by atoms with Crippen molar-refractivity contribution in [2.24, 2.45) is 43.6 Å². The fraction of sp³-hybridized carbons (Fsp3) is 0.286. The van der Waals surface area contributed by atoms with Crippen LogP contribution in [0, 0.1) is 5.41 Å². The Morgan fingerprint density at radius 2 is 1.54 bits per heavy atom. The topological polar surface area (TPSA) is 194 Å². The molecule has 0 radical (unpaired) electrons. The fourth-order valence-corrected chi connectivity index (χ4v) is 1.39. The Bertz CT molecular complexity index is 599. The maximum absolute atomic E-state index is 6.70. The second-order valence-corrected chi connectivity index (χ2v) is 4.86. The third-order valence-electron chi connectivity index (χ3n) is 2.54. The van der Waals surface area contributed by atoms with Gasteiger partial charge in [-0.1, -0.05) is 30.3 Å². The number of rotatable bonds is 2. The Labute approximate surface area is 141 Å². The second kappa shape index (κ2) is 10.4. The van der Waals surface area contributed by atoms with Gasteiger partial charge in [0.25, 0.3) is 0 Å². The highest BCUT2D eigenvalue weighted by Crippen LogP contribution is 2.15. The molecule has 0 aliphatic heterocycles. The van der Waals surface area contributed by atoms with Gasteiger partial charge in [-0.2, -0.15) is 9.98 Å². The highest BCUT2D eigenvalue weighted by Gasteiger charge is 2.02. The molecule has 1 rings (SSSR count). The zero-order chi connectivity index (χ0) is 18.7. The average molecular weight is 334 g/mol. The van der Waals surface area contributed by atoms with Crippen LogP contribution in [-0.4, -0.2) is 42.8 Å². The minimum absolute atomic E-state index is 0.0608. The predicted octanol–water partition coefficient (Wildman–Crippen LogP) is -0.908. The van der Waals surface area contributed by atoms with Gasteiger partial charge in [-0.05, 0) is 12.5 Å². The minimum Gasteiger partial charge on any atom is -0.370 e. The molecule has 0 saturated heterocycles. The number of hydrogen-bond acceptors (Lipinski definition) is 2. The van der Waals surface area contributed by atoms with E-state index in [-0.39, 0.29) is 29.9 Å². The monoisotopic (exact) mass is 334 g/mol. The summed E-state index contributed by atoms with van der Waals surface area (Å²) >= 11 is 0. The second-order valence-electron chi connectivity index (χ2n) is 4.86. The van der Waals surface area contributed by atoms with E-state index in [0.717, 1.165) is 5.56 Å². The van der Waals surface area contributed by atoms with Crippen molar-refractivity contribution >= 4 is 23.8 Å². The van der Waals surface area contributed by atoms with E-state index in [1.807, 2.05) is 37.3 Å². The number of nitrogens with one attached hydrogen (secondary N) is 1. The number of nitrogens with zero attached hydrogens (tertiary/aromatic N) is 4. The van der Waals surface area contributed by atoms with E-state index < -0.39 is 0 Å². The summed E-state index contributed by atoms with van der Waals surface area (Å²) in [5.74, 6) is -0.0356. The standard InChI is InChI=1S/C10H15N5.C4H11N5/c1-7(8-5-3-2-4-6-8)14-10(13)15-9(11)12;1-9(2)4(7)8-3(5)6/h2-7H,1H3,(H6,11,12,13,14,15);1-2H3,(H5,5,6,7,8). The molecule has 0 fully saturated rings. The van der Waals surface area contributed by atoms with Crippen LogP contribution in [0.3, 0.4) is 0 Å². The molecule has 132 valence electrons. The molecule has 10 heteroatoms. The van der Waals surface area contributed by atoms with Crippen molar-refractivity contribution in [2.45, 2.75) is 13.0 Å². The summed E-state index contributed by atoms with van der Waals surface area (Å²) < 4.78 is 0. The highest BCUT2D eigenvalue weighted by atomic mass is 15.2. The number of hydrogen-bond donors (Lipinski definition) is 6. The molecule has 0 spiro atoms. The van der Waals surface area contributed by atoms with Crippen molar-refractivity contribution in [3.8, 4) is 0 Å². The van der Waals surface area contributed by atoms with Crippen LogP contribution in [0.15, 0.2) is 45.3 Å². The molecule has 1 aromatic carbocycles. The Hall–Kier alpha value is -3.30. The van der Waals surface area contributed by atoms with Gasteiger partial charge in [0.2, 0.25) is 11.9 Å². The van der Waals surface area contributed by atoms with E-state index in [0.29, 0.717) is 0 Å². The molecular weight excluding hydrogens is 308 g/mol. The Balaban J connectivity index is 0.000000506. The molecule has 0 aromatic heterocycles. The van der Waals surface area contributed by atoms with Gasteiger partial charge < -0.3 is 33.6 Å². The lowest BCUT2D eigenvalue weighted by molar-refractivity contribution is 0.615. The molecule has 10 nitrogen and oxygen atoms in total. The van der Waals surface area contributed by atoms with Crippen LogP contribution in [0.1, 0.15) is 18.5 Å². The van der Waals surface area contributed by atoms with Crippen molar-refractivity contribution in [3.63, 3.8) is 0 Å². The molecule has 11 N–H and O–H groups in total. The zero-order valence-electron chi connectivity index (χ0n) is 14.1. The van der Waals surface area contributed by atoms with Gasteiger partial charge in [0.05, 0.1) is 6.04 Å². The number of guanidine groups is 4. The number of benzene rings is 1. The van der Waals surface area contributed by atoms with Crippen molar-refractivity contribution in [3.05, 3.63) is 35.9 Å². The van der Waals surface area contributed by atoms with E-state index >= 15 is 0 Å². The van der Waals surface area contributed by atoms with Crippen LogP contribution in [0.5, 0.6) is 0 Å². The summed E-state index contributed by atoms with van der Waals surface area (Å²) in [7, 11) is 3.45. The fourth-order valence-electron chi connectivity index (χ4n) is 1.39. The van der Waals surface area contributed by atoms with Crippen molar-refractivity contribution < 1.29 is 0 Å². The van der Waals surface area contributed by atoms with Gasteiger partial charge in [-0.3, -0.25) is 5.41 Å². The molecule has 0 bridgehead atoms. The van der Waals surface area contributed by atoms with E-state index in [1.54, 1.807) is 19.0 Å². The number of nitrogens with two attached hydrogens (primary N) is 5. The summed E-state index contributed by atoms with van der Waals surface area (Å²) in [6, 6.07) is 9.71. The van der Waals surface area contributed by atoms with Gasteiger partial charge >= 0.3 is 0 Å². The predicted molar refractivity (Wildman–Crippen MR) is 99.5 cm³/mol. The maximum atomic E-state index is 6.70. The van der Waals surface area contributed by atoms with Crippen LogP contribution in [-0.2, 0) is 0 Å². The minimum atomic E-state index is -0.277. The quantitative estimate of drug-likeness (QED) is 0.299. The van der Waals surface area contributed by atoms with E-state index in [4.69, 9.17) is 34.1 Å². The first-order valence-electron chi connectivity index (χ1n) is 6.96. The highest BCUT2D eigenvalue weighted by molar-refractivity contribution is 5.92. The normalized spacial score (nSPS) is 12.5. The van der Waals surface area contributed by atoms with Crippen LogP contribution in [0.2, 0.25) is 0 Å². The van der Waals surface area contributed by atoms with Crippen LogP contribution in [0.4, 0.5) is 0 Å². The Morgan fingerprint density at radius 3 is 1.92 bits per heavy atom. The molecule has 0 aliphatic rings. The summed E-state index contributed by atoms with van der Waals surface area (Å²) in [6.07, 6.45) is 0. The van der Waals surface area contributed by atoms with E-state index in [9.17, 15) is 0 Å². The first-order chi connectivity index (χ1) is 11.1. The third kappa shape index (κ3) is 9.60. The summed E-state index contributed by atoms with van der Waals surface area (Å²) in [5.41, 5.74) is 27.1. The largest absolute Gasteiger partial charge is 0.370 e. The average Bonchev–Trinajstić information content (AvgIpc) is 2.47. The molecule has 0 aliphatic carbocycles. The van der Waals surface area contributed by atoms with Gasteiger partial charge in [0, 0.05) is 14.1 Å². The molecule has 24 heavy (non-hydrogen) atoms. The lowest BCUT2D eigenvalue weighted by Crippen LogP contribution is -2.32. The first kappa shape index (κ1) is 20.7. The molecule has 1 atom stereocenters. The lowest BCUT2D eigenvalue weighted by atomic mass is 10.1. The number of aliphatic imine (C=N–C) groups is 3. The molecule has 1 aromatic rings. The molecule has 0 heterocycles. The van der Waals surface area contributed by atoms with Crippen molar-refractivity contribution in [1.29, 1.82) is 5.41 Å². The van der Waals surface area contributed by atoms with Gasteiger partial charge in [-0.15, -0.1) is 0 Å². The van der Waals surface area contributed by atoms with Gasteiger partial charge in [0.15, 0.2) is 11.9 Å². The van der Waals surface area contributed by atoms with Crippen LogP contribution >= 0.6 is 0 Å². The summed E-state index contributed by atoms with van der Waals surface area (Å²) in [6.45, 7) is 1.92. The van der Waals surface area contributed by atoms with Crippen LogP contribution in [0.25, 0.3) is 0 Å². The molecule has 0 amide bonds. The third-order valence-corrected chi connectivity index (χ3v) is 2.54. The molecule has 0 saturated carbocycles. The van der Waals surface area contributed by atoms with Crippen molar-refractivity contribution in [1.82, 2.24) is 4.90 Å². The lowest BCUT2D eigenvalue weighted by Gasteiger charge is -2.08. The molecular formula is C14H26N10. The molecule has 1 unspecified atom stereocenters. The smallest absolute Gasteiger partial charge is 0.219 e. The Kier molecular flexibility index (Phi) is 9.00. The zero-order valence-corrected chi connectivity index (χ0v) is 14.1. The summed E-state index contributed by atoms with van der Waals surface area (Å²) in [5, 5.41) is 6.70. The first-order valence-corrected chi connectivity index (χ1v) is 6.96. The van der Waals surface area contributed by atoms with Gasteiger partial charge in [-0.25, -0.2) is 4.99 Å². The summed E-state index contributed by atoms with van der Waals surface area (Å²) in [4.78, 5) is 12.8. The van der Waals surface area contributed by atoms with E-state index in [2.05, 4.69) is 15.0 Å². The van der Waals surface area contributed by atoms with Gasteiger partial charge in [0.1, 0.15) is 0 Å².